The summed E-state index contributed by atoms with van der Waals surface area (Å²) in [5.74, 6) is -2.31. The third kappa shape index (κ3) is 5.98. The van der Waals surface area contributed by atoms with Crippen molar-refractivity contribution in [3.8, 4) is 0 Å². The summed E-state index contributed by atoms with van der Waals surface area (Å²) in [5.41, 5.74) is 5.13. The molecule has 0 amide bonds. The van der Waals surface area contributed by atoms with Gasteiger partial charge < -0.3 is 10.8 Å². The Labute approximate surface area is 75.9 Å². The monoisotopic (exact) mass is 187 g/mol. The van der Waals surface area contributed by atoms with E-state index in [2.05, 4.69) is 0 Å². The zero-order valence-corrected chi connectivity index (χ0v) is 7.28. The van der Waals surface area contributed by atoms with Crippen LogP contribution in [0.5, 0.6) is 0 Å². The Morgan fingerprint density at radius 1 is 1.08 bits per heavy atom. The quantitative estimate of drug-likeness (QED) is 0.534. The van der Waals surface area contributed by atoms with E-state index in [1.54, 1.807) is 0 Å². The van der Waals surface area contributed by atoms with E-state index in [9.17, 15) is 14.4 Å². The molecule has 0 rings (SSSR count). The van der Waals surface area contributed by atoms with Crippen LogP contribution in [0.2, 0.25) is 0 Å². The van der Waals surface area contributed by atoms with Crippen molar-refractivity contribution >= 4 is 17.5 Å². The van der Waals surface area contributed by atoms with Gasteiger partial charge in [0.25, 0.3) is 0 Å². The van der Waals surface area contributed by atoms with Crippen molar-refractivity contribution in [2.75, 3.05) is 6.54 Å². The zero-order chi connectivity index (χ0) is 10.3. The first kappa shape index (κ1) is 11.8. The molecule has 0 aromatic carbocycles. The first-order chi connectivity index (χ1) is 6.07. The van der Waals surface area contributed by atoms with E-state index in [0.29, 0.717) is 19.4 Å². The van der Waals surface area contributed by atoms with E-state index in [0.717, 1.165) is 0 Å². The van der Waals surface area contributed by atoms with Gasteiger partial charge in [0.15, 0.2) is 0 Å². The summed E-state index contributed by atoms with van der Waals surface area (Å²) in [6.45, 7) is 0.297. The number of nitrogens with two attached hydrogens (primary N) is 1. The molecule has 0 heterocycles. The predicted octanol–water partition coefficient (Wildman–Crippen LogP) is -0.272. The van der Waals surface area contributed by atoms with Gasteiger partial charge in [-0.2, -0.15) is 0 Å². The Morgan fingerprint density at radius 2 is 1.69 bits per heavy atom. The van der Waals surface area contributed by atoms with Crippen LogP contribution < -0.4 is 5.73 Å². The van der Waals surface area contributed by atoms with Crippen molar-refractivity contribution in [3.63, 3.8) is 0 Å². The van der Waals surface area contributed by atoms with Gasteiger partial charge in [0.2, 0.25) is 5.78 Å². The molecule has 74 valence electrons. The second-order valence-electron chi connectivity index (χ2n) is 2.66. The lowest BCUT2D eigenvalue weighted by Crippen LogP contribution is -2.13. The molecular weight excluding hydrogens is 174 g/mol. The van der Waals surface area contributed by atoms with Crippen molar-refractivity contribution in [3.05, 3.63) is 0 Å². The van der Waals surface area contributed by atoms with Crippen LogP contribution in [0.25, 0.3) is 0 Å². The predicted molar refractivity (Wildman–Crippen MR) is 45.2 cm³/mol. The van der Waals surface area contributed by atoms with Crippen LogP contribution in [0.3, 0.4) is 0 Å². The van der Waals surface area contributed by atoms with Crippen LogP contribution >= 0.6 is 0 Å². The number of ketones is 2. The molecule has 0 spiro atoms. The van der Waals surface area contributed by atoms with Crippen molar-refractivity contribution in [2.24, 2.45) is 5.73 Å². The fourth-order valence-electron chi connectivity index (χ4n) is 0.839. The SMILES string of the molecule is NCCC(=O)CCCC(=O)C(=O)O. The van der Waals surface area contributed by atoms with E-state index in [4.69, 9.17) is 10.8 Å². The standard InChI is InChI=1S/C8H13NO4/c9-5-4-6(10)2-1-3-7(11)8(12)13/h1-5,9H2,(H,12,13). The minimum absolute atomic E-state index is 0.0271. The summed E-state index contributed by atoms with van der Waals surface area (Å²) >= 11 is 0. The van der Waals surface area contributed by atoms with E-state index in [-0.39, 0.29) is 18.6 Å². The smallest absolute Gasteiger partial charge is 0.372 e. The summed E-state index contributed by atoms with van der Waals surface area (Å²) in [7, 11) is 0. The van der Waals surface area contributed by atoms with Crippen molar-refractivity contribution in [2.45, 2.75) is 25.7 Å². The van der Waals surface area contributed by atoms with Gasteiger partial charge in [-0.15, -0.1) is 0 Å². The molecule has 13 heavy (non-hydrogen) atoms. The average Bonchev–Trinajstić information content (AvgIpc) is 2.04. The molecule has 0 aliphatic carbocycles. The molecule has 0 saturated heterocycles. The molecule has 5 heteroatoms. The van der Waals surface area contributed by atoms with Crippen LogP contribution in [-0.4, -0.2) is 29.2 Å². The molecular formula is C8H13NO4. The first-order valence-corrected chi connectivity index (χ1v) is 4.05. The number of carboxylic acid groups (broad SMARTS) is 1. The summed E-state index contributed by atoms with van der Waals surface area (Å²) in [6.07, 6.45) is 0.743. The van der Waals surface area contributed by atoms with E-state index < -0.39 is 11.8 Å². The molecule has 0 aliphatic rings. The molecule has 0 aromatic rings. The minimum Gasteiger partial charge on any atom is -0.476 e. The Hall–Kier alpha value is -1.23. The lowest BCUT2D eigenvalue weighted by Gasteiger charge is -1.96. The van der Waals surface area contributed by atoms with E-state index in [1.807, 2.05) is 0 Å². The molecule has 0 radical (unpaired) electrons. The zero-order valence-electron chi connectivity index (χ0n) is 7.28. The van der Waals surface area contributed by atoms with Gasteiger partial charge in [-0.1, -0.05) is 0 Å². The van der Waals surface area contributed by atoms with Gasteiger partial charge in [0, 0.05) is 19.3 Å². The highest BCUT2D eigenvalue weighted by molar-refractivity contribution is 6.32. The van der Waals surface area contributed by atoms with Crippen LogP contribution in [0.1, 0.15) is 25.7 Å². The van der Waals surface area contributed by atoms with E-state index >= 15 is 0 Å². The second kappa shape index (κ2) is 6.30. The molecule has 0 atom stereocenters. The maximum absolute atomic E-state index is 10.9. The van der Waals surface area contributed by atoms with Crippen LogP contribution in [0, 0.1) is 0 Å². The van der Waals surface area contributed by atoms with Gasteiger partial charge in [-0.05, 0) is 13.0 Å². The topological polar surface area (TPSA) is 97.5 Å². The average molecular weight is 187 g/mol. The normalized spacial score (nSPS) is 9.62. The van der Waals surface area contributed by atoms with Gasteiger partial charge in [-0.25, -0.2) is 4.79 Å². The molecule has 0 saturated carbocycles. The molecule has 0 unspecified atom stereocenters. The highest BCUT2D eigenvalue weighted by Gasteiger charge is 2.11. The third-order valence-electron chi connectivity index (χ3n) is 1.52. The Bertz CT molecular complexity index is 212. The van der Waals surface area contributed by atoms with Crippen molar-refractivity contribution in [1.82, 2.24) is 0 Å². The minimum atomic E-state index is -1.44. The Kier molecular flexibility index (Phi) is 5.71. The maximum Gasteiger partial charge on any atom is 0.372 e. The van der Waals surface area contributed by atoms with Gasteiger partial charge >= 0.3 is 5.97 Å². The lowest BCUT2D eigenvalue weighted by molar-refractivity contribution is -0.149. The fraction of sp³-hybridized carbons (Fsp3) is 0.625. The lowest BCUT2D eigenvalue weighted by atomic mass is 10.1. The molecule has 0 aliphatic heterocycles. The van der Waals surface area contributed by atoms with Crippen molar-refractivity contribution in [1.29, 1.82) is 0 Å². The number of carboxylic acids is 1. The van der Waals surface area contributed by atoms with Gasteiger partial charge in [0.05, 0.1) is 0 Å². The number of carbonyl (C=O) groups excluding carboxylic acids is 2. The Balaban J connectivity index is 3.50. The first-order valence-electron chi connectivity index (χ1n) is 4.05. The van der Waals surface area contributed by atoms with Gasteiger partial charge in [0.1, 0.15) is 5.78 Å². The van der Waals surface area contributed by atoms with Gasteiger partial charge in [-0.3, -0.25) is 9.59 Å². The summed E-state index contributed by atoms with van der Waals surface area (Å²) in [6, 6.07) is 0. The number of hydrogen-bond acceptors (Lipinski definition) is 4. The number of Topliss-reactive ketones (excluding diaryl/α,β-unsaturated/α-hetero) is 2. The number of carbonyl (C=O) groups is 3. The molecule has 0 aromatic heterocycles. The number of rotatable bonds is 7. The molecule has 0 fully saturated rings. The largest absolute Gasteiger partial charge is 0.476 e. The summed E-state index contributed by atoms with van der Waals surface area (Å²) < 4.78 is 0. The second-order valence-corrected chi connectivity index (χ2v) is 2.66. The fourth-order valence-corrected chi connectivity index (χ4v) is 0.839. The van der Waals surface area contributed by atoms with Crippen molar-refractivity contribution < 1.29 is 19.5 Å². The third-order valence-corrected chi connectivity index (χ3v) is 1.52. The number of hydrogen-bond donors (Lipinski definition) is 2. The summed E-state index contributed by atoms with van der Waals surface area (Å²) in [4.78, 5) is 31.4. The Morgan fingerprint density at radius 3 is 2.15 bits per heavy atom. The number of aliphatic carboxylic acids is 1. The maximum atomic E-state index is 10.9. The van der Waals surface area contributed by atoms with Crippen LogP contribution in [0.15, 0.2) is 0 Å². The highest BCUT2D eigenvalue weighted by atomic mass is 16.4. The van der Waals surface area contributed by atoms with Crippen LogP contribution in [-0.2, 0) is 14.4 Å². The summed E-state index contributed by atoms with van der Waals surface area (Å²) in [5, 5.41) is 8.20. The highest BCUT2D eigenvalue weighted by Crippen LogP contribution is 1.99. The van der Waals surface area contributed by atoms with E-state index in [1.165, 1.54) is 0 Å². The molecule has 5 nitrogen and oxygen atoms in total. The molecule has 3 N–H and O–H groups in total. The molecule has 0 bridgehead atoms. The van der Waals surface area contributed by atoms with Crippen LogP contribution in [0.4, 0.5) is 0 Å².